The molecular formula is C30H38ClN7O. The second-order valence-corrected chi connectivity index (χ2v) is 10.5. The van der Waals surface area contributed by atoms with E-state index in [0.29, 0.717) is 18.5 Å². The van der Waals surface area contributed by atoms with Gasteiger partial charge in [-0.15, -0.1) is 0 Å². The van der Waals surface area contributed by atoms with Gasteiger partial charge in [0, 0.05) is 60.8 Å². The number of nitrogens with zero attached hydrogens (tertiary/aromatic N) is 4. The number of halogens is 1. The maximum atomic E-state index is 6.30. The van der Waals surface area contributed by atoms with E-state index in [1.54, 1.807) is 6.20 Å². The van der Waals surface area contributed by atoms with Gasteiger partial charge in [0.1, 0.15) is 0 Å². The average Bonchev–Trinajstić information content (AvgIpc) is 3.73. The molecule has 1 aromatic heterocycles. The number of rotatable bonds is 14. The molecule has 3 N–H and O–H groups in total. The second kappa shape index (κ2) is 13.9. The van der Waals surface area contributed by atoms with Gasteiger partial charge in [0.2, 0.25) is 5.95 Å². The van der Waals surface area contributed by atoms with Crippen LogP contribution in [0.15, 0.2) is 65.0 Å². The van der Waals surface area contributed by atoms with Crippen LogP contribution < -0.4 is 16.0 Å². The van der Waals surface area contributed by atoms with E-state index in [0.717, 1.165) is 91.7 Å². The van der Waals surface area contributed by atoms with Gasteiger partial charge in [0.05, 0.1) is 29.8 Å². The quantitative estimate of drug-likeness (QED) is 0.226. The molecule has 1 fully saturated rings. The Labute approximate surface area is 236 Å². The molecular weight excluding hydrogens is 510 g/mol. The Hall–Kier alpha value is -2.91. The van der Waals surface area contributed by atoms with Crippen molar-refractivity contribution in [1.82, 2.24) is 20.6 Å². The van der Waals surface area contributed by atoms with Gasteiger partial charge >= 0.3 is 0 Å². The first kappa shape index (κ1) is 27.6. The Morgan fingerprint density at radius 2 is 2.05 bits per heavy atom. The highest BCUT2D eigenvalue weighted by Crippen LogP contribution is 2.33. The molecule has 0 spiro atoms. The Kier molecular flexibility index (Phi) is 9.88. The topological polar surface area (TPSA) is 106 Å². The van der Waals surface area contributed by atoms with Crippen molar-refractivity contribution in [1.29, 1.82) is 0 Å². The lowest BCUT2D eigenvalue weighted by Crippen LogP contribution is -2.24. The summed E-state index contributed by atoms with van der Waals surface area (Å²) >= 11 is 6.30. The monoisotopic (exact) mass is 547 g/mol. The lowest BCUT2D eigenvalue weighted by Gasteiger charge is -2.16. The predicted molar refractivity (Wildman–Crippen MR) is 159 cm³/mol. The first-order valence-electron chi connectivity index (χ1n) is 14.1. The number of anilines is 1. The van der Waals surface area contributed by atoms with Crippen LogP contribution >= 0.6 is 11.6 Å². The lowest BCUT2D eigenvalue weighted by atomic mass is 9.90. The lowest BCUT2D eigenvalue weighted by molar-refractivity contribution is 0.136. The van der Waals surface area contributed by atoms with E-state index >= 15 is 0 Å². The number of hydrogen-bond acceptors (Lipinski definition) is 8. The average molecular weight is 548 g/mol. The van der Waals surface area contributed by atoms with Gasteiger partial charge in [-0.2, -0.15) is 0 Å². The smallest absolute Gasteiger partial charge is 0.223 e. The van der Waals surface area contributed by atoms with Crippen molar-refractivity contribution in [3.63, 3.8) is 0 Å². The summed E-state index contributed by atoms with van der Waals surface area (Å²) in [5.41, 5.74) is 5.14. The van der Waals surface area contributed by atoms with Crippen molar-refractivity contribution in [3.05, 3.63) is 71.3 Å². The fraction of sp³-hybridized carbons (Fsp3) is 0.467. The molecule has 3 atom stereocenters. The van der Waals surface area contributed by atoms with Crippen LogP contribution in [0.1, 0.15) is 50.3 Å². The SMILES string of the molecule is CCCOCCNCCCC1NC1C1=NC=CC2CCC1=NC=C2c1ccnc(NCc2ccccc2Cl)n1. The number of benzene rings is 1. The summed E-state index contributed by atoms with van der Waals surface area (Å²) in [5.74, 6) is 0.780. The van der Waals surface area contributed by atoms with Gasteiger partial charge in [0.15, 0.2) is 0 Å². The van der Waals surface area contributed by atoms with Crippen LogP contribution in [0.2, 0.25) is 5.02 Å². The van der Waals surface area contributed by atoms with Crippen molar-refractivity contribution in [2.24, 2.45) is 15.9 Å². The zero-order chi connectivity index (χ0) is 26.9. The zero-order valence-electron chi connectivity index (χ0n) is 22.6. The molecule has 3 aliphatic rings. The van der Waals surface area contributed by atoms with E-state index in [4.69, 9.17) is 31.3 Å². The third kappa shape index (κ3) is 7.60. The Morgan fingerprint density at radius 3 is 2.95 bits per heavy atom. The summed E-state index contributed by atoms with van der Waals surface area (Å²) in [7, 11) is 0. The summed E-state index contributed by atoms with van der Waals surface area (Å²) in [6, 6.07) is 10.5. The minimum Gasteiger partial charge on any atom is -0.380 e. The maximum absolute atomic E-state index is 6.30. The molecule has 2 aromatic rings. The zero-order valence-corrected chi connectivity index (χ0v) is 23.3. The number of aromatic nitrogens is 2. The fourth-order valence-corrected chi connectivity index (χ4v) is 5.25. The largest absolute Gasteiger partial charge is 0.380 e. The van der Waals surface area contributed by atoms with Gasteiger partial charge in [-0.3, -0.25) is 9.98 Å². The summed E-state index contributed by atoms with van der Waals surface area (Å²) in [4.78, 5) is 19.0. The molecule has 1 aromatic carbocycles. The van der Waals surface area contributed by atoms with Gasteiger partial charge < -0.3 is 20.7 Å². The highest BCUT2D eigenvalue weighted by atomic mass is 35.5. The van der Waals surface area contributed by atoms with Crippen molar-refractivity contribution in [2.45, 2.75) is 57.7 Å². The fourth-order valence-electron chi connectivity index (χ4n) is 5.05. The van der Waals surface area contributed by atoms with Gasteiger partial charge in [0.25, 0.3) is 0 Å². The van der Waals surface area contributed by atoms with Crippen molar-refractivity contribution >= 4 is 34.5 Å². The first-order valence-corrected chi connectivity index (χ1v) is 14.5. The van der Waals surface area contributed by atoms with E-state index in [9.17, 15) is 0 Å². The van der Waals surface area contributed by atoms with Crippen LogP contribution in [0, 0.1) is 5.92 Å². The summed E-state index contributed by atoms with van der Waals surface area (Å²) < 4.78 is 5.52. The number of hydrogen-bond donors (Lipinski definition) is 3. The minimum absolute atomic E-state index is 0.207. The summed E-state index contributed by atoms with van der Waals surface area (Å²) in [6.45, 7) is 6.24. The minimum atomic E-state index is 0.207. The van der Waals surface area contributed by atoms with Crippen molar-refractivity contribution in [3.8, 4) is 0 Å². The van der Waals surface area contributed by atoms with Gasteiger partial charge in [-0.1, -0.05) is 42.8 Å². The first-order chi connectivity index (χ1) is 19.2. The molecule has 4 heterocycles. The van der Waals surface area contributed by atoms with Crippen LogP contribution in [-0.2, 0) is 11.3 Å². The van der Waals surface area contributed by atoms with Crippen LogP contribution in [-0.4, -0.2) is 59.8 Å². The van der Waals surface area contributed by atoms with E-state index in [1.165, 1.54) is 0 Å². The summed E-state index contributed by atoms with van der Waals surface area (Å²) in [6.07, 6.45) is 13.1. The molecule has 206 valence electrons. The molecule has 0 saturated carbocycles. The molecule has 5 rings (SSSR count). The Balaban J connectivity index is 1.18. The van der Waals surface area contributed by atoms with Crippen LogP contribution in [0.25, 0.3) is 5.57 Å². The van der Waals surface area contributed by atoms with Crippen molar-refractivity contribution < 1.29 is 4.74 Å². The normalized spacial score (nSPS) is 21.9. The van der Waals surface area contributed by atoms with Crippen LogP contribution in [0.4, 0.5) is 5.95 Å². The summed E-state index contributed by atoms with van der Waals surface area (Å²) in [5, 5.41) is 11.1. The highest BCUT2D eigenvalue weighted by molar-refractivity contribution is 6.45. The van der Waals surface area contributed by atoms with E-state index in [-0.39, 0.29) is 12.0 Å². The third-order valence-corrected chi connectivity index (χ3v) is 7.62. The number of ether oxygens (including phenoxy) is 1. The third-order valence-electron chi connectivity index (χ3n) is 7.25. The van der Waals surface area contributed by atoms with Crippen LogP contribution in [0.5, 0.6) is 0 Å². The van der Waals surface area contributed by atoms with Gasteiger partial charge in [-0.25, -0.2) is 9.97 Å². The van der Waals surface area contributed by atoms with E-state index < -0.39 is 0 Å². The molecule has 39 heavy (non-hydrogen) atoms. The van der Waals surface area contributed by atoms with E-state index in [2.05, 4.69) is 33.9 Å². The molecule has 9 heteroatoms. The molecule has 3 unspecified atom stereocenters. The molecule has 8 nitrogen and oxygen atoms in total. The number of fused-ring (bicyclic) bond motifs is 3. The van der Waals surface area contributed by atoms with Gasteiger partial charge in [-0.05, 0) is 56.3 Å². The Bertz CT molecular complexity index is 1240. The highest BCUT2D eigenvalue weighted by Gasteiger charge is 2.41. The van der Waals surface area contributed by atoms with Crippen molar-refractivity contribution in [2.75, 3.05) is 31.6 Å². The predicted octanol–water partition coefficient (Wildman–Crippen LogP) is 5.04. The van der Waals surface area contributed by atoms with E-state index in [1.807, 2.05) is 42.7 Å². The molecule has 3 aliphatic heterocycles. The number of allylic oxidation sites excluding steroid dienone is 2. The molecule has 1 saturated heterocycles. The standard InChI is InChI=1S/C30H38ClN7O/c1-2-17-39-18-16-32-13-5-8-27-29(37-27)28-26-10-9-21(11-14-33-28)23(20-35-26)25-12-15-34-30(38-25)36-19-22-6-3-4-7-24(22)31/h3-4,6-7,11-12,14-15,20-21,27,29,32,37H,2,5,8-10,13,16-19H2,1H3,(H,34,36,38). The molecule has 0 amide bonds. The number of aliphatic imine (C=N–C) groups is 2. The Morgan fingerprint density at radius 1 is 1.13 bits per heavy atom. The number of nitrogens with one attached hydrogen (secondary N) is 3. The molecule has 2 bridgehead atoms. The molecule has 0 radical (unpaired) electrons. The van der Waals surface area contributed by atoms with Crippen LogP contribution in [0.3, 0.4) is 0 Å². The molecule has 0 aliphatic carbocycles. The second-order valence-electron chi connectivity index (χ2n) is 10.1. The maximum Gasteiger partial charge on any atom is 0.223 e.